The minimum absolute atomic E-state index is 0. The van der Waals surface area contributed by atoms with Crippen LogP contribution < -0.4 is 0 Å². The van der Waals surface area contributed by atoms with Crippen molar-refractivity contribution in [2.24, 2.45) is 5.92 Å². The standard InChI is InChI=1S/C14H19NO3S.ClH/c1-10-5-6-12(19-10)3-2-4-13(16)15-8-7-11(9-15)14(17)18;/h5-6,11H,2-4,7-9H2,1H3,(H,17,18);1H. The molecule has 1 aromatic heterocycles. The lowest BCUT2D eigenvalue weighted by Gasteiger charge is -2.15. The van der Waals surface area contributed by atoms with Crippen LogP contribution in [-0.4, -0.2) is 35.0 Å². The van der Waals surface area contributed by atoms with Crippen molar-refractivity contribution in [3.8, 4) is 0 Å². The van der Waals surface area contributed by atoms with Crippen LogP contribution in [0.1, 0.15) is 29.0 Å². The molecule has 1 saturated heterocycles. The number of hydrogen-bond acceptors (Lipinski definition) is 3. The number of likely N-dealkylation sites (tertiary alicyclic amines) is 1. The summed E-state index contributed by atoms with van der Waals surface area (Å²) in [5.74, 6) is -1.06. The summed E-state index contributed by atoms with van der Waals surface area (Å²) in [6.45, 7) is 3.05. The Bertz CT molecular complexity index is 475. The Morgan fingerprint density at radius 1 is 1.45 bits per heavy atom. The number of rotatable bonds is 5. The molecule has 112 valence electrons. The first-order valence-corrected chi connectivity index (χ1v) is 7.44. The smallest absolute Gasteiger partial charge is 0.308 e. The molecule has 0 aromatic carbocycles. The van der Waals surface area contributed by atoms with Gasteiger partial charge >= 0.3 is 5.97 Å². The highest BCUT2D eigenvalue weighted by Gasteiger charge is 2.30. The second-order valence-corrected chi connectivity index (χ2v) is 6.40. The summed E-state index contributed by atoms with van der Waals surface area (Å²) in [6.07, 6.45) is 2.88. The van der Waals surface area contributed by atoms with Gasteiger partial charge in [0, 0.05) is 29.3 Å². The Morgan fingerprint density at radius 2 is 2.20 bits per heavy atom. The first-order valence-electron chi connectivity index (χ1n) is 6.62. The van der Waals surface area contributed by atoms with Gasteiger partial charge in [-0.2, -0.15) is 0 Å². The molecule has 0 bridgehead atoms. The van der Waals surface area contributed by atoms with E-state index in [2.05, 4.69) is 19.1 Å². The number of carboxylic acid groups (broad SMARTS) is 1. The van der Waals surface area contributed by atoms with Crippen molar-refractivity contribution in [3.05, 3.63) is 21.9 Å². The molecule has 1 amide bonds. The number of aryl methyl sites for hydroxylation is 2. The van der Waals surface area contributed by atoms with Crippen LogP contribution in [0.5, 0.6) is 0 Å². The number of carbonyl (C=O) groups is 2. The van der Waals surface area contributed by atoms with Crippen LogP contribution in [0.3, 0.4) is 0 Å². The lowest BCUT2D eigenvalue weighted by Crippen LogP contribution is -2.29. The molecule has 2 rings (SSSR count). The zero-order valence-electron chi connectivity index (χ0n) is 11.5. The Morgan fingerprint density at radius 3 is 2.75 bits per heavy atom. The third-order valence-corrected chi connectivity index (χ3v) is 4.56. The summed E-state index contributed by atoms with van der Waals surface area (Å²) >= 11 is 1.77. The molecule has 0 radical (unpaired) electrons. The summed E-state index contributed by atoms with van der Waals surface area (Å²) in [5, 5.41) is 8.90. The summed E-state index contributed by atoms with van der Waals surface area (Å²) in [4.78, 5) is 27.1. The minimum atomic E-state index is -0.788. The van der Waals surface area contributed by atoms with Gasteiger partial charge in [0.1, 0.15) is 0 Å². The first kappa shape index (κ1) is 17.0. The van der Waals surface area contributed by atoms with E-state index < -0.39 is 5.97 Å². The number of amides is 1. The van der Waals surface area contributed by atoms with Crippen LogP contribution in [-0.2, 0) is 16.0 Å². The van der Waals surface area contributed by atoms with Crippen molar-refractivity contribution in [2.45, 2.75) is 32.6 Å². The molecule has 0 saturated carbocycles. The van der Waals surface area contributed by atoms with Gasteiger partial charge in [-0.15, -0.1) is 23.7 Å². The van der Waals surface area contributed by atoms with Gasteiger partial charge in [-0.25, -0.2) is 0 Å². The maximum absolute atomic E-state index is 11.9. The van der Waals surface area contributed by atoms with Crippen LogP contribution in [0, 0.1) is 12.8 Å². The quantitative estimate of drug-likeness (QED) is 0.908. The SMILES string of the molecule is Cc1ccc(CCCC(=O)N2CCC(C(=O)O)C2)s1.Cl. The zero-order valence-corrected chi connectivity index (χ0v) is 13.1. The van der Waals surface area contributed by atoms with Crippen molar-refractivity contribution in [3.63, 3.8) is 0 Å². The Hall–Kier alpha value is -1.07. The fourth-order valence-corrected chi connectivity index (χ4v) is 3.31. The normalized spacial score (nSPS) is 17.9. The molecule has 1 aliphatic heterocycles. The van der Waals surface area contributed by atoms with E-state index in [1.807, 2.05) is 0 Å². The van der Waals surface area contributed by atoms with Gasteiger partial charge < -0.3 is 10.0 Å². The second-order valence-electron chi connectivity index (χ2n) is 5.03. The molecule has 6 heteroatoms. The van der Waals surface area contributed by atoms with E-state index in [1.54, 1.807) is 16.2 Å². The van der Waals surface area contributed by atoms with Gasteiger partial charge in [0.25, 0.3) is 0 Å². The average molecular weight is 318 g/mol. The van der Waals surface area contributed by atoms with Gasteiger partial charge in [0.2, 0.25) is 5.91 Å². The van der Waals surface area contributed by atoms with Gasteiger partial charge in [-0.3, -0.25) is 9.59 Å². The number of thiophene rings is 1. The topological polar surface area (TPSA) is 57.6 Å². The van der Waals surface area contributed by atoms with E-state index in [1.165, 1.54) is 9.75 Å². The van der Waals surface area contributed by atoms with Gasteiger partial charge in [-0.05, 0) is 38.3 Å². The molecule has 1 N–H and O–H groups in total. The molecular formula is C14H20ClNO3S. The fraction of sp³-hybridized carbons (Fsp3) is 0.571. The summed E-state index contributed by atoms with van der Waals surface area (Å²) < 4.78 is 0. The Balaban J connectivity index is 0.00000200. The van der Waals surface area contributed by atoms with Gasteiger partial charge in [0.15, 0.2) is 0 Å². The monoisotopic (exact) mass is 317 g/mol. The lowest BCUT2D eigenvalue weighted by molar-refractivity contribution is -0.141. The number of nitrogens with zero attached hydrogens (tertiary/aromatic N) is 1. The molecule has 20 heavy (non-hydrogen) atoms. The molecule has 1 aliphatic rings. The summed E-state index contributed by atoms with van der Waals surface area (Å²) in [7, 11) is 0. The van der Waals surface area contributed by atoms with Crippen LogP contribution in [0.4, 0.5) is 0 Å². The van der Waals surface area contributed by atoms with Crippen molar-refractivity contribution in [1.29, 1.82) is 0 Å². The number of aliphatic carboxylic acids is 1. The van der Waals surface area contributed by atoms with Crippen LogP contribution in [0.15, 0.2) is 12.1 Å². The van der Waals surface area contributed by atoms with Crippen molar-refractivity contribution >= 4 is 35.6 Å². The average Bonchev–Trinajstić information content (AvgIpc) is 2.98. The molecule has 1 unspecified atom stereocenters. The van der Waals surface area contributed by atoms with E-state index in [0.29, 0.717) is 25.9 Å². The summed E-state index contributed by atoms with van der Waals surface area (Å²) in [5.41, 5.74) is 0. The number of halogens is 1. The minimum Gasteiger partial charge on any atom is -0.481 e. The maximum atomic E-state index is 11.9. The van der Waals surface area contributed by atoms with E-state index >= 15 is 0 Å². The molecule has 4 nitrogen and oxygen atoms in total. The van der Waals surface area contributed by atoms with E-state index in [4.69, 9.17) is 5.11 Å². The van der Waals surface area contributed by atoms with Crippen molar-refractivity contribution in [1.82, 2.24) is 4.90 Å². The molecule has 2 heterocycles. The molecular weight excluding hydrogens is 298 g/mol. The molecule has 1 atom stereocenters. The largest absolute Gasteiger partial charge is 0.481 e. The number of carboxylic acids is 1. The van der Waals surface area contributed by atoms with Crippen LogP contribution in [0.25, 0.3) is 0 Å². The van der Waals surface area contributed by atoms with Crippen LogP contribution in [0.2, 0.25) is 0 Å². The molecule has 1 fully saturated rings. The predicted octanol–water partition coefficient (Wildman–Crippen LogP) is 2.73. The number of hydrogen-bond donors (Lipinski definition) is 1. The lowest BCUT2D eigenvalue weighted by atomic mass is 10.1. The van der Waals surface area contributed by atoms with Gasteiger partial charge in [-0.1, -0.05) is 0 Å². The highest BCUT2D eigenvalue weighted by molar-refractivity contribution is 7.11. The van der Waals surface area contributed by atoms with E-state index in [0.717, 1.165) is 12.8 Å². The number of carbonyl (C=O) groups excluding carboxylic acids is 1. The second kappa shape index (κ2) is 7.64. The predicted molar refractivity (Wildman–Crippen MR) is 81.6 cm³/mol. The molecule has 1 aromatic rings. The van der Waals surface area contributed by atoms with Crippen molar-refractivity contribution < 1.29 is 14.7 Å². The van der Waals surface area contributed by atoms with Crippen LogP contribution >= 0.6 is 23.7 Å². The Labute approximate surface area is 129 Å². The zero-order chi connectivity index (χ0) is 13.8. The van der Waals surface area contributed by atoms with E-state index in [-0.39, 0.29) is 24.2 Å². The molecule has 0 aliphatic carbocycles. The van der Waals surface area contributed by atoms with Gasteiger partial charge in [0.05, 0.1) is 5.92 Å². The van der Waals surface area contributed by atoms with Crippen molar-refractivity contribution in [2.75, 3.05) is 13.1 Å². The highest BCUT2D eigenvalue weighted by Crippen LogP contribution is 2.20. The highest BCUT2D eigenvalue weighted by atomic mass is 35.5. The van der Waals surface area contributed by atoms with E-state index in [9.17, 15) is 9.59 Å². The third kappa shape index (κ3) is 4.49. The fourth-order valence-electron chi connectivity index (χ4n) is 2.38. The maximum Gasteiger partial charge on any atom is 0.308 e. The molecule has 0 spiro atoms. The Kier molecular flexibility index (Phi) is 6.49. The first-order chi connectivity index (χ1) is 9.06. The third-order valence-electron chi connectivity index (χ3n) is 3.50. The summed E-state index contributed by atoms with van der Waals surface area (Å²) in [6, 6.07) is 4.21.